The van der Waals surface area contributed by atoms with Crippen LogP contribution >= 0.6 is 11.3 Å². The summed E-state index contributed by atoms with van der Waals surface area (Å²) in [5, 5.41) is 7.10. The van der Waals surface area contributed by atoms with Crippen LogP contribution in [0.5, 0.6) is 0 Å². The summed E-state index contributed by atoms with van der Waals surface area (Å²) in [5.74, 6) is 0.566. The van der Waals surface area contributed by atoms with E-state index in [0.29, 0.717) is 29.3 Å². The Hall–Kier alpha value is -1.34. The number of carbonyl (C=O) groups excluding carboxylic acids is 1. The van der Waals surface area contributed by atoms with Crippen LogP contribution in [0, 0.1) is 5.92 Å². The van der Waals surface area contributed by atoms with Crippen LogP contribution in [-0.4, -0.2) is 36.2 Å². The fourth-order valence-electron chi connectivity index (χ4n) is 2.62. The molecule has 2 aliphatic rings. The number of nitrogens with zero attached hydrogens (tertiary/aromatic N) is 1. The monoisotopic (exact) mass is 310 g/mol. The number of nitrogen functional groups attached to an aromatic ring is 1. The lowest BCUT2D eigenvalue weighted by molar-refractivity contribution is 0.0927. The second kappa shape index (κ2) is 6.19. The van der Waals surface area contributed by atoms with Crippen molar-refractivity contribution in [1.29, 1.82) is 0 Å². The quantitative estimate of drug-likeness (QED) is 0.772. The van der Waals surface area contributed by atoms with Crippen LogP contribution in [0.1, 0.15) is 42.3 Å². The smallest absolute Gasteiger partial charge is 0.265 e. The first-order valence-corrected chi connectivity index (χ1v) is 8.36. The van der Waals surface area contributed by atoms with Gasteiger partial charge < -0.3 is 21.1 Å². The van der Waals surface area contributed by atoms with Gasteiger partial charge in [0.1, 0.15) is 10.7 Å². The molecule has 3 rings (SSSR count). The van der Waals surface area contributed by atoms with E-state index in [4.69, 9.17) is 10.5 Å². The third-order valence-corrected chi connectivity index (χ3v) is 5.32. The highest BCUT2D eigenvalue weighted by molar-refractivity contribution is 7.18. The second-order valence-electron chi connectivity index (χ2n) is 5.89. The Morgan fingerprint density at radius 1 is 1.48 bits per heavy atom. The molecule has 1 saturated heterocycles. The number of nitrogens with one attached hydrogen (secondary N) is 2. The molecule has 0 bridgehead atoms. The van der Waals surface area contributed by atoms with Crippen LogP contribution < -0.4 is 16.4 Å². The minimum atomic E-state index is -0.133. The van der Waals surface area contributed by atoms with Gasteiger partial charge in [-0.15, -0.1) is 0 Å². The average molecular weight is 310 g/mol. The van der Waals surface area contributed by atoms with Crippen molar-refractivity contribution < 1.29 is 9.53 Å². The Balaban J connectivity index is 1.60. The summed E-state index contributed by atoms with van der Waals surface area (Å²) < 4.78 is 5.36. The Labute approximate surface area is 128 Å². The molecule has 21 heavy (non-hydrogen) atoms. The summed E-state index contributed by atoms with van der Waals surface area (Å²) >= 11 is 1.34. The van der Waals surface area contributed by atoms with Gasteiger partial charge in [-0.25, -0.2) is 4.98 Å². The summed E-state index contributed by atoms with van der Waals surface area (Å²) in [4.78, 5) is 17.1. The molecular weight excluding hydrogens is 288 g/mol. The van der Waals surface area contributed by atoms with Crippen molar-refractivity contribution >= 4 is 28.2 Å². The maximum absolute atomic E-state index is 12.3. The number of anilines is 2. The van der Waals surface area contributed by atoms with Crippen LogP contribution in [0.4, 0.5) is 10.9 Å². The van der Waals surface area contributed by atoms with Gasteiger partial charge in [-0.05, 0) is 32.6 Å². The molecule has 7 heteroatoms. The van der Waals surface area contributed by atoms with Crippen molar-refractivity contribution in [2.75, 3.05) is 24.3 Å². The maximum Gasteiger partial charge on any atom is 0.265 e. The Kier molecular flexibility index (Phi) is 4.30. The molecule has 2 unspecified atom stereocenters. The number of rotatable bonds is 5. The normalized spacial score (nSPS) is 23.6. The van der Waals surface area contributed by atoms with Gasteiger partial charge in [-0.3, -0.25) is 4.79 Å². The molecule has 1 aliphatic carbocycles. The summed E-state index contributed by atoms with van der Waals surface area (Å²) in [6.07, 6.45) is 4.58. The topological polar surface area (TPSA) is 89.3 Å². The molecular formula is C14H22N4O2S. The lowest BCUT2D eigenvalue weighted by Crippen LogP contribution is -2.38. The predicted octanol–water partition coefficient (Wildman–Crippen LogP) is 1.84. The molecule has 0 radical (unpaired) electrons. The van der Waals surface area contributed by atoms with E-state index in [1.165, 1.54) is 30.6 Å². The van der Waals surface area contributed by atoms with Gasteiger partial charge in [0.2, 0.25) is 0 Å². The van der Waals surface area contributed by atoms with Gasteiger partial charge in [0.05, 0.1) is 6.61 Å². The van der Waals surface area contributed by atoms with E-state index in [0.717, 1.165) is 18.2 Å². The number of carbonyl (C=O) groups is 1. The minimum Gasteiger partial charge on any atom is -0.382 e. The lowest BCUT2D eigenvalue weighted by atomic mass is 9.93. The fourth-order valence-corrected chi connectivity index (χ4v) is 3.49. The highest BCUT2D eigenvalue weighted by atomic mass is 32.1. The molecule has 4 N–H and O–H groups in total. The number of amides is 1. The summed E-state index contributed by atoms with van der Waals surface area (Å²) in [5.41, 5.74) is 5.88. The van der Waals surface area contributed by atoms with Crippen molar-refractivity contribution in [3.63, 3.8) is 0 Å². The van der Waals surface area contributed by atoms with Crippen LogP contribution in [0.25, 0.3) is 0 Å². The van der Waals surface area contributed by atoms with E-state index < -0.39 is 0 Å². The first kappa shape index (κ1) is 14.6. The molecule has 2 fully saturated rings. The summed E-state index contributed by atoms with van der Waals surface area (Å²) in [6, 6.07) is 0.575. The molecule has 1 amide bonds. The zero-order valence-corrected chi connectivity index (χ0v) is 13.0. The van der Waals surface area contributed by atoms with Crippen molar-refractivity contribution in [2.45, 2.75) is 44.7 Å². The molecule has 2 heterocycles. The van der Waals surface area contributed by atoms with E-state index in [1.54, 1.807) is 0 Å². The van der Waals surface area contributed by atoms with E-state index in [1.807, 2.05) is 6.92 Å². The number of aromatic nitrogens is 1. The van der Waals surface area contributed by atoms with Crippen molar-refractivity contribution in [1.82, 2.24) is 10.3 Å². The minimum absolute atomic E-state index is 0.0875. The van der Waals surface area contributed by atoms with Crippen LogP contribution in [0.15, 0.2) is 0 Å². The lowest BCUT2D eigenvalue weighted by Gasteiger charge is -2.25. The highest BCUT2D eigenvalue weighted by Crippen LogP contribution is 2.29. The molecule has 116 valence electrons. The zero-order valence-electron chi connectivity index (χ0n) is 12.2. The second-order valence-corrected chi connectivity index (χ2v) is 6.89. The largest absolute Gasteiger partial charge is 0.382 e. The maximum atomic E-state index is 12.3. The molecule has 1 aromatic rings. The zero-order chi connectivity index (χ0) is 14.8. The van der Waals surface area contributed by atoms with E-state index in [9.17, 15) is 4.79 Å². The molecule has 1 aromatic heterocycles. The first-order valence-electron chi connectivity index (χ1n) is 7.55. The summed E-state index contributed by atoms with van der Waals surface area (Å²) in [6.45, 7) is 3.51. The number of nitrogens with two attached hydrogens (primary N) is 1. The number of ether oxygens (including phenoxy) is 1. The van der Waals surface area contributed by atoms with Gasteiger partial charge in [-0.1, -0.05) is 11.3 Å². The van der Waals surface area contributed by atoms with Crippen molar-refractivity contribution in [2.24, 2.45) is 5.92 Å². The van der Waals surface area contributed by atoms with Crippen molar-refractivity contribution in [3.8, 4) is 0 Å². The predicted molar refractivity (Wildman–Crippen MR) is 83.6 cm³/mol. The standard InChI is InChI=1S/C14H22N4O2S/c1-8(9-5-6-20-7-9)16-13(19)11-12(15)18-14(21-11)17-10-3-2-4-10/h8-10H,2-7,15H2,1H3,(H,16,19)(H,17,18). The van der Waals surface area contributed by atoms with Crippen LogP contribution in [-0.2, 0) is 4.74 Å². The van der Waals surface area contributed by atoms with Gasteiger partial charge in [0.25, 0.3) is 5.91 Å². The van der Waals surface area contributed by atoms with E-state index >= 15 is 0 Å². The molecule has 0 spiro atoms. The van der Waals surface area contributed by atoms with Gasteiger partial charge in [0, 0.05) is 24.6 Å². The third-order valence-electron chi connectivity index (χ3n) is 4.32. The van der Waals surface area contributed by atoms with Crippen LogP contribution in [0.3, 0.4) is 0 Å². The van der Waals surface area contributed by atoms with Gasteiger partial charge >= 0.3 is 0 Å². The van der Waals surface area contributed by atoms with Crippen molar-refractivity contribution in [3.05, 3.63) is 4.88 Å². The summed E-state index contributed by atoms with van der Waals surface area (Å²) in [7, 11) is 0. The number of thiazole rings is 1. The number of hydrogen-bond donors (Lipinski definition) is 3. The Bertz CT molecular complexity index is 509. The first-order chi connectivity index (χ1) is 10.1. The van der Waals surface area contributed by atoms with E-state index in [-0.39, 0.29) is 11.9 Å². The number of hydrogen-bond acceptors (Lipinski definition) is 6. The molecule has 0 aromatic carbocycles. The fraction of sp³-hybridized carbons (Fsp3) is 0.714. The molecule has 2 atom stereocenters. The molecule has 1 aliphatic heterocycles. The molecule has 1 saturated carbocycles. The highest BCUT2D eigenvalue weighted by Gasteiger charge is 2.26. The van der Waals surface area contributed by atoms with E-state index in [2.05, 4.69) is 15.6 Å². The average Bonchev–Trinajstić information content (AvgIpc) is 3.03. The Morgan fingerprint density at radius 3 is 2.90 bits per heavy atom. The van der Waals surface area contributed by atoms with Gasteiger partial charge in [0.15, 0.2) is 5.13 Å². The third kappa shape index (κ3) is 3.29. The molecule has 6 nitrogen and oxygen atoms in total. The Morgan fingerprint density at radius 2 is 2.29 bits per heavy atom. The van der Waals surface area contributed by atoms with Gasteiger partial charge in [-0.2, -0.15) is 0 Å². The van der Waals surface area contributed by atoms with Crippen LogP contribution in [0.2, 0.25) is 0 Å². The SMILES string of the molecule is CC(NC(=O)c1sc(NC2CCC2)nc1N)C1CCOC1.